The highest BCUT2D eigenvalue weighted by Gasteiger charge is 2.38. The molecule has 2 aromatic carbocycles. The molecule has 0 bridgehead atoms. The number of halogens is 1. The van der Waals surface area contributed by atoms with Crippen LogP contribution in [-0.4, -0.2) is 5.97 Å². The molecule has 0 aliphatic heterocycles. The van der Waals surface area contributed by atoms with Gasteiger partial charge in [-0.05, 0) is 83.9 Å². The van der Waals surface area contributed by atoms with Crippen molar-refractivity contribution in [2.24, 2.45) is 0 Å². The first-order valence-corrected chi connectivity index (χ1v) is 10.7. The lowest BCUT2D eigenvalue weighted by molar-refractivity contribution is -0.0417. The predicted molar refractivity (Wildman–Crippen MR) is 114 cm³/mol. The second kappa shape index (κ2) is 8.55. The molecule has 1 saturated carbocycles. The molecule has 0 heterocycles. The van der Waals surface area contributed by atoms with E-state index < -0.39 is 5.60 Å². The maximum atomic E-state index is 13.1. The molecule has 1 aliphatic rings. The van der Waals surface area contributed by atoms with Crippen LogP contribution < -0.4 is 0 Å². The maximum absolute atomic E-state index is 13.1. The topological polar surface area (TPSA) is 26.3 Å². The van der Waals surface area contributed by atoms with Gasteiger partial charge in [-0.1, -0.05) is 56.7 Å². The lowest BCUT2D eigenvalue weighted by Gasteiger charge is -2.37. The molecule has 1 aliphatic carbocycles. The minimum absolute atomic E-state index is 0.190. The number of carbonyl (C=O) groups excluding carboxylic acids is 1. The van der Waals surface area contributed by atoms with Gasteiger partial charge in [0, 0.05) is 3.57 Å². The van der Waals surface area contributed by atoms with E-state index in [4.69, 9.17) is 4.74 Å². The van der Waals surface area contributed by atoms with Crippen molar-refractivity contribution in [2.45, 2.75) is 63.9 Å². The van der Waals surface area contributed by atoms with E-state index in [9.17, 15) is 4.79 Å². The second-order valence-corrected chi connectivity index (χ2v) is 8.52. The van der Waals surface area contributed by atoms with Gasteiger partial charge in [-0.2, -0.15) is 0 Å². The van der Waals surface area contributed by atoms with Gasteiger partial charge < -0.3 is 4.74 Å². The smallest absolute Gasteiger partial charge is 0.340 e. The van der Waals surface area contributed by atoms with Crippen LogP contribution in [0.2, 0.25) is 0 Å². The molecule has 3 heteroatoms. The van der Waals surface area contributed by atoms with E-state index in [-0.39, 0.29) is 5.97 Å². The Morgan fingerprint density at radius 3 is 2.46 bits per heavy atom. The molecule has 3 rings (SSSR count). The summed E-state index contributed by atoms with van der Waals surface area (Å²) in [5, 5.41) is 0. The molecule has 0 N–H and O–H groups in total. The molecule has 2 nitrogen and oxygen atoms in total. The average molecular weight is 462 g/mol. The Balaban J connectivity index is 1.92. The van der Waals surface area contributed by atoms with E-state index in [1.807, 2.05) is 30.3 Å². The molecule has 0 saturated heterocycles. The van der Waals surface area contributed by atoms with Gasteiger partial charge in [-0.3, -0.25) is 0 Å². The van der Waals surface area contributed by atoms with Crippen LogP contribution in [0.5, 0.6) is 0 Å². The Hall–Kier alpha value is -1.36. The van der Waals surface area contributed by atoms with Crippen LogP contribution in [0.25, 0.3) is 0 Å². The van der Waals surface area contributed by atoms with Gasteiger partial charge in [0.2, 0.25) is 0 Å². The lowest BCUT2D eigenvalue weighted by Crippen LogP contribution is -2.35. The van der Waals surface area contributed by atoms with E-state index in [1.54, 1.807) is 0 Å². The van der Waals surface area contributed by atoms with Crippen LogP contribution in [0.1, 0.15) is 79.8 Å². The van der Waals surface area contributed by atoms with E-state index in [2.05, 4.69) is 54.6 Å². The summed E-state index contributed by atoms with van der Waals surface area (Å²) in [6.45, 7) is 4.37. The summed E-state index contributed by atoms with van der Waals surface area (Å²) >= 11 is 2.24. The van der Waals surface area contributed by atoms with Gasteiger partial charge >= 0.3 is 5.97 Å². The molecule has 0 aromatic heterocycles. The molecule has 1 unspecified atom stereocenters. The van der Waals surface area contributed by atoms with E-state index in [1.165, 1.54) is 12.0 Å². The largest absolute Gasteiger partial charge is 0.451 e. The molecule has 1 atom stereocenters. The fraction of sp³-hybridized carbons (Fsp3) is 0.435. The highest BCUT2D eigenvalue weighted by molar-refractivity contribution is 14.1. The molecule has 2 aromatic rings. The van der Waals surface area contributed by atoms with Crippen LogP contribution in [-0.2, 0) is 10.3 Å². The third-order valence-corrected chi connectivity index (χ3v) is 6.58. The van der Waals surface area contributed by atoms with Crippen LogP contribution in [0.15, 0.2) is 48.5 Å². The van der Waals surface area contributed by atoms with Crippen molar-refractivity contribution in [2.75, 3.05) is 0 Å². The number of rotatable bonds is 5. The summed E-state index contributed by atoms with van der Waals surface area (Å²) in [6, 6.07) is 16.5. The summed E-state index contributed by atoms with van der Waals surface area (Å²) in [6.07, 6.45) is 6.29. The number of carbonyl (C=O) groups is 1. The Morgan fingerprint density at radius 1 is 1.12 bits per heavy atom. The lowest BCUT2D eigenvalue weighted by atomic mass is 9.79. The highest BCUT2D eigenvalue weighted by Crippen LogP contribution is 2.41. The van der Waals surface area contributed by atoms with Gasteiger partial charge in [0.25, 0.3) is 0 Å². The first-order valence-electron chi connectivity index (χ1n) is 9.64. The van der Waals surface area contributed by atoms with Crippen molar-refractivity contribution in [3.63, 3.8) is 0 Å². The van der Waals surface area contributed by atoms with Gasteiger partial charge in [-0.15, -0.1) is 0 Å². The number of hydrogen-bond acceptors (Lipinski definition) is 2. The summed E-state index contributed by atoms with van der Waals surface area (Å²) in [7, 11) is 0. The molecule has 26 heavy (non-hydrogen) atoms. The Morgan fingerprint density at radius 2 is 1.81 bits per heavy atom. The number of ether oxygens (including phenoxy) is 1. The summed E-state index contributed by atoms with van der Waals surface area (Å²) in [5.41, 5.74) is 2.55. The molecular formula is C23H27IO2. The molecule has 0 spiro atoms. The average Bonchev–Trinajstić information content (AvgIpc) is 2.69. The number of hydrogen-bond donors (Lipinski definition) is 0. The minimum atomic E-state index is -0.480. The number of benzene rings is 2. The van der Waals surface area contributed by atoms with Gasteiger partial charge in [0.15, 0.2) is 0 Å². The zero-order valence-electron chi connectivity index (χ0n) is 15.6. The first-order chi connectivity index (χ1) is 12.6. The zero-order valence-corrected chi connectivity index (χ0v) is 17.8. The highest BCUT2D eigenvalue weighted by atomic mass is 127. The van der Waals surface area contributed by atoms with Crippen LogP contribution in [0, 0.1) is 3.57 Å². The summed E-state index contributed by atoms with van der Waals surface area (Å²) < 4.78 is 7.21. The van der Waals surface area contributed by atoms with Crippen molar-refractivity contribution in [1.82, 2.24) is 0 Å². The van der Waals surface area contributed by atoms with Crippen molar-refractivity contribution in [3.8, 4) is 0 Å². The third-order valence-electron chi connectivity index (χ3n) is 5.64. The first kappa shape index (κ1) is 19.4. The second-order valence-electron chi connectivity index (χ2n) is 7.36. The Bertz CT molecular complexity index is 748. The van der Waals surface area contributed by atoms with Gasteiger partial charge in [-0.25, -0.2) is 4.79 Å². The van der Waals surface area contributed by atoms with Crippen LogP contribution in [0.4, 0.5) is 0 Å². The molecule has 1 fully saturated rings. The third kappa shape index (κ3) is 4.13. The van der Waals surface area contributed by atoms with E-state index in [0.29, 0.717) is 11.5 Å². The molecule has 0 radical (unpaired) electrons. The van der Waals surface area contributed by atoms with Crippen molar-refractivity contribution in [3.05, 3.63) is 68.8 Å². The quantitative estimate of drug-likeness (QED) is 0.360. The standard InChI is InChI=1S/C23H27IO2/c1-3-17(2)18-12-13-21(24)20(16-18)22(25)26-23(14-8-5-9-15-23)19-10-6-4-7-11-19/h4,6-7,10-13,16-17H,3,5,8-9,14-15H2,1-2H3. The fourth-order valence-corrected chi connectivity index (χ4v) is 4.34. The van der Waals surface area contributed by atoms with Crippen molar-refractivity contribution in [1.29, 1.82) is 0 Å². The van der Waals surface area contributed by atoms with Gasteiger partial charge in [0.05, 0.1) is 5.56 Å². The molecule has 138 valence electrons. The van der Waals surface area contributed by atoms with Crippen LogP contribution in [0.3, 0.4) is 0 Å². The zero-order chi connectivity index (χ0) is 18.6. The van der Waals surface area contributed by atoms with E-state index in [0.717, 1.165) is 41.2 Å². The van der Waals surface area contributed by atoms with Gasteiger partial charge in [0.1, 0.15) is 5.60 Å². The monoisotopic (exact) mass is 462 g/mol. The molecular weight excluding hydrogens is 435 g/mol. The Labute approximate surface area is 170 Å². The van der Waals surface area contributed by atoms with E-state index >= 15 is 0 Å². The Kier molecular flexibility index (Phi) is 6.38. The van der Waals surface area contributed by atoms with Crippen molar-refractivity contribution >= 4 is 28.6 Å². The fourth-order valence-electron chi connectivity index (χ4n) is 3.79. The SMILES string of the molecule is CCC(C)c1ccc(I)c(C(=O)OC2(c3ccccc3)CCCCC2)c1. The minimum Gasteiger partial charge on any atom is -0.451 e. The van der Waals surface area contributed by atoms with Crippen molar-refractivity contribution < 1.29 is 9.53 Å². The summed E-state index contributed by atoms with van der Waals surface area (Å²) in [5.74, 6) is 0.252. The molecule has 0 amide bonds. The van der Waals surface area contributed by atoms with Crippen LogP contribution >= 0.6 is 22.6 Å². The predicted octanol–water partition coefficient (Wildman–Crippen LogP) is 6.82. The maximum Gasteiger partial charge on any atom is 0.340 e. The normalized spacial score (nSPS) is 17.5. The summed E-state index contributed by atoms with van der Waals surface area (Å²) in [4.78, 5) is 13.1. The number of esters is 1.